The summed E-state index contributed by atoms with van der Waals surface area (Å²) in [4.78, 5) is 0. The lowest BCUT2D eigenvalue weighted by atomic mass is 10.3. The van der Waals surface area contributed by atoms with Gasteiger partial charge in [0.05, 0.1) is 5.88 Å². The molecule has 0 unspecified atom stereocenters. The zero-order valence-electron chi connectivity index (χ0n) is 6.09. The molecule has 1 aromatic rings. The van der Waals surface area contributed by atoms with Crippen LogP contribution in [0.25, 0.3) is 0 Å². The van der Waals surface area contributed by atoms with Crippen molar-refractivity contribution in [2.75, 3.05) is 18.2 Å². The molecule has 1 rings (SSSR count). The molecular weight excluding hydrogens is 162 g/mol. The molecule has 0 spiro atoms. The molecule has 2 nitrogen and oxygen atoms in total. The summed E-state index contributed by atoms with van der Waals surface area (Å²) in [6.07, 6.45) is 0. The molecule has 0 aliphatic carbocycles. The molecule has 1 aromatic carbocycles. The first-order valence-electron chi connectivity index (χ1n) is 3.37. The van der Waals surface area contributed by atoms with Crippen LogP contribution >= 0.6 is 11.6 Å². The second-order valence-electron chi connectivity index (χ2n) is 2.11. The lowest BCUT2D eigenvalue weighted by molar-refractivity contribution is 0.343. The SMILES string of the molecule is Nc1cccc(OCCCl)c1. The quantitative estimate of drug-likeness (QED) is 0.557. The van der Waals surface area contributed by atoms with E-state index >= 15 is 0 Å². The van der Waals surface area contributed by atoms with Gasteiger partial charge in [-0.2, -0.15) is 0 Å². The lowest BCUT2D eigenvalue weighted by Gasteiger charge is -2.03. The number of anilines is 1. The van der Waals surface area contributed by atoms with Crippen molar-refractivity contribution in [3.8, 4) is 5.75 Å². The lowest BCUT2D eigenvalue weighted by Crippen LogP contribution is -1.98. The van der Waals surface area contributed by atoms with Crippen molar-refractivity contribution in [3.05, 3.63) is 24.3 Å². The molecule has 0 aliphatic heterocycles. The van der Waals surface area contributed by atoms with Gasteiger partial charge in [0.25, 0.3) is 0 Å². The molecule has 0 amide bonds. The Morgan fingerprint density at radius 3 is 2.91 bits per heavy atom. The van der Waals surface area contributed by atoms with E-state index in [9.17, 15) is 0 Å². The highest BCUT2D eigenvalue weighted by Crippen LogP contribution is 2.13. The van der Waals surface area contributed by atoms with Crippen molar-refractivity contribution in [2.24, 2.45) is 0 Å². The van der Waals surface area contributed by atoms with Crippen molar-refractivity contribution in [1.29, 1.82) is 0 Å². The van der Waals surface area contributed by atoms with Crippen LogP contribution in [0.4, 0.5) is 5.69 Å². The smallest absolute Gasteiger partial charge is 0.121 e. The fraction of sp³-hybridized carbons (Fsp3) is 0.250. The topological polar surface area (TPSA) is 35.2 Å². The van der Waals surface area contributed by atoms with Crippen LogP contribution in [0.2, 0.25) is 0 Å². The Hall–Kier alpha value is -0.890. The summed E-state index contributed by atoms with van der Waals surface area (Å²) in [6, 6.07) is 7.28. The monoisotopic (exact) mass is 171 g/mol. The van der Waals surface area contributed by atoms with Crippen molar-refractivity contribution in [3.63, 3.8) is 0 Å². The predicted molar refractivity (Wildman–Crippen MR) is 47.1 cm³/mol. The van der Waals surface area contributed by atoms with E-state index in [0.29, 0.717) is 18.2 Å². The second kappa shape index (κ2) is 4.09. The van der Waals surface area contributed by atoms with E-state index in [-0.39, 0.29) is 0 Å². The summed E-state index contributed by atoms with van der Waals surface area (Å²) in [6.45, 7) is 0.519. The Labute approximate surface area is 70.9 Å². The van der Waals surface area contributed by atoms with E-state index < -0.39 is 0 Å². The molecule has 0 saturated carbocycles. The largest absolute Gasteiger partial charge is 0.492 e. The highest BCUT2D eigenvalue weighted by atomic mass is 35.5. The summed E-state index contributed by atoms with van der Waals surface area (Å²) in [5, 5.41) is 0. The minimum Gasteiger partial charge on any atom is -0.492 e. The number of rotatable bonds is 3. The average molecular weight is 172 g/mol. The highest BCUT2D eigenvalue weighted by molar-refractivity contribution is 6.17. The van der Waals surface area contributed by atoms with Gasteiger partial charge in [0, 0.05) is 11.8 Å². The minimum atomic E-state index is 0.495. The fourth-order valence-corrected chi connectivity index (χ4v) is 0.838. The summed E-state index contributed by atoms with van der Waals surface area (Å²) >= 11 is 5.43. The molecule has 0 saturated heterocycles. The Bertz CT molecular complexity index is 227. The summed E-state index contributed by atoms with van der Waals surface area (Å²) in [5.41, 5.74) is 6.22. The van der Waals surface area contributed by atoms with E-state index in [1.165, 1.54) is 0 Å². The maximum atomic E-state index is 5.52. The molecule has 3 heteroatoms. The maximum absolute atomic E-state index is 5.52. The van der Waals surface area contributed by atoms with E-state index in [1.807, 2.05) is 18.2 Å². The number of hydrogen-bond donors (Lipinski definition) is 1. The average Bonchev–Trinajstić information content (AvgIpc) is 2.01. The molecule has 0 bridgehead atoms. The van der Waals surface area contributed by atoms with Gasteiger partial charge in [-0.15, -0.1) is 11.6 Å². The molecule has 0 heterocycles. The molecule has 11 heavy (non-hydrogen) atoms. The number of ether oxygens (including phenoxy) is 1. The van der Waals surface area contributed by atoms with E-state index in [0.717, 1.165) is 5.75 Å². The third-order valence-electron chi connectivity index (χ3n) is 1.20. The zero-order chi connectivity index (χ0) is 8.10. The van der Waals surface area contributed by atoms with Crippen LogP contribution in [0.5, 0.6) is 5.75 Å². The molecule has 0 aliphatic rings. The molecule has 0 fully saturated rings. The van der Waals surface area contributed by atoms with Crippen LogP contribution in [-0.4, -0.2) is 12.5 Å². The van der Waals surface area contributed by atoms with Gasteiger partial charge in [-0.05, 0) is 12.1 Å². The van der Waals surface area contributed by atoms with Crippen LogP contribution in [-0.2, 0) is 0 Å². The summed E-state index contributed by atoms with van der Waals surface area (Å²) in [5.74, 6) is 1.26. The molecular formula is C8H10ClNO. The molecule has 0 aromatic heterocycles. The van der Waals surface area contributed by atoms with Crippen LogP contribution in [0, 0.1) is 0 Å². The predicted octanol–water partition coefficient (Wildman–Crippen LogP) is 1.89. The molecule has 0 radical (unpaired) electrons. The molecule has 60 valence electrons. The number of alkyl halides is 1. The summed E-state index contributed by atoms with van der Waals surface area (Å²) in [7, 11) is 0. The standard InChI is InChI=1S/C8H10ClNO/c9-4-5-11-8-3-1-2-7(10)6-8/h1-3,6H,4-5,10H2. The van der Waals surface area contributed by atoms with Gasteiger partial charge in [0.2, 0.25) is 0 Å². The normalized spacial score (nSPS) is 9.55. The van der Waals surface area contributed by atoms with Crippen LogP contribution in [0.15, 0.2) is 24.3 Å². The van der Waals surface area contributed by atoms with Gasteiger partial charge < -0.3 is 10.5 Å². The first-order chi connectivity index (χ1) is 5.33. The van der Waals surface area contributed by atoms with E-state index in [1.54, 1.807) is 6.07 Å². The van der Waals surface area contributed by atoms with E-state index in [4.69, 9.17) is 22.1 Å². The molecule has 0 atom stereocenters. The van der Waals surface area contributed by atoms with Gasteiger partial charge in [-0.1, -0.05) is 6.07 Å². The Morgan fingerprint density at radius 2 is 2.27 bits per heavy atom. The number of benzene rings is 1. The van der Waals surface area contributed by atoms with Crippen LogP contribution in [0.3, 0.4) is 0 Å². The minimum absolute atomic E-state index is 0.495. The zero-order valence-corrected chi connectivity index (χ0v) is 6.84. The van der Waals surface area contributed by atoms with Gasteiger partial charge in [0.1, 0.15) is 12.4 Å². The van der Waals surface area contributed by atoms with Crippen LogP contribution < -0.4 is 10.5 Å². The fourth-order valence-electron chi connectivity index (χ4n) is 0.761. The van der Waals surface area contributed by atoms with Crippen molar-refractivity contribution >= 4 is 17.3 Å². The van der Waals surface area contributed by atoms with Gasteiger partial charge in [-0.3, -0.25) is 0 Å². The van der Waals surface area contributed by atoms with Crippen molar-refractivity contribution < 1.29 is 4.74 Å². The summed E-state index contributed by atoms with van der Waals surface area (Å²) < 4.78 is 5.22. The number of halogens is 1. The number of nitrogen functional groups attached to an aromatic ring is 1. The highest BCUT2D eigenvalue weighted by Gasteiger charge is 1.91. The maximum Gasteiger partial charge on any atom is 0.121 e. The Kier molecular flexibility index (Phi) is 3.05. The Balaban J connectivity index is 2.56. The van der Waals surface area contributed by atoms with Crippen LogP contribution in [0.1, 0.15) is 0 Å². The van der Waals surface area contributed by atoms with Gasteiger partial charge >= 0.3 is 0 Å². The number of hydrogen-bond acceptors (Lipinski definition) is 2. The molecule has 2 N–H and O–H groups in total. The van der Waals surface area contributed by atoms with E-state index in [2.05, 4.69) is 0 Å². The first-order valence-corrected chi connectivity index (χ1v) is 3.90. The van der Waals surface area contributed by atoms with Crippen molar-refractivity contribution in [2.45, 2.75) is 0 Å². The third kappa shape index (κ3) is 2.68. The van der Waals surface area contributed by atoms with Gasteiger partial charge in [0.15, 0.2) is 0 Å². The van der Waals surface area contributed by atoms with Gasteiger partial charge in [-0.25, -0.2) is 0 Å². The Morgan fingerprint density at radius 1 is 1.45 bits per heavy atom. The first kappa shape index (κ1) is 8.21. The van der Waals surface area contributed by atoms with Crippen molar-refractivity contribution in [1.82, 2.24) is 0 Å². The third-order valence-corrected chi connectivity index (χ3v) is 1.36. The second-order valence-corrected chi connectivity index (χ2v) is 2.49. The number of nitrogens with two attached hydrogens (primary N) is 1.